The second-order valence-electron chi connectivity index (χ2n) is 26.8. The van der Waals surface area contributed by atoms with Gasteiger partial charge in [0.2, 0.25) is 0 Å². The van der Waals surface area contributed by atoms with Crippen LogP contribution in [0.3, 0.4) is 0 Å². The number of carboxylic acids is 3. The summed E-state index contributed by atoms with van der Waals surface area (Å²) >= 11 is 19.1. The molecule has 9 heterocycles. The average molecular weight is 1860 g/mol. The van der Waals surface area contributed by atoms with Crippen molar-refractivity contribution in [2.24, 2.45) is 32.7 Å². The van der Waals surface area contributed by atoms with Gasteiger partial charge >= 0.3 is 35.8 Å². The summed E-state index contributed by atoms with van der Waals surface area (Å²) in [4.78, 5) is 104. The lowest BCUT2D eigenvalue weighted by Crippen LogP contribution is -2.51. The van der Waals surface area contributed by atoms with E-state index < -0.39 is 127 Å². The van der Waals surface area contributed by atoms with E-state index in [0.29, 0.717) is 101 Å². The van der Waals surface area contributed by atoms with Gasteiger partial charge in [0.1, 0.15) is 48.4 Å². The third-order valence-corrected chi connectivity index (χ3v) is 25.0. The number of benzene rings is 3. The summed E-state index contributed by atoms with van der Waals surface area (Å²) in [5.74, 6) is -14.3. The van der Waals surface area contributed by atoms with E-state index in [4.69, 9.17) is 55.9 Å². The number of thioether (sulfide) groups is 2. The van der Waals surface area contributed by atoms with Crippen LogP contribution in [0.5, 0.6) is 0 Å². The molecular formula is C75H79Br2ClF8N12O13S5. The number of nitrogens with zero attached hydrogens (tertiary/aromatic N) is 9. The van der Waals surface area contributed by atoms with Gasteiger partial charge in [-0.25, -0.2) is 69.3 Å². The molecule has 6 aliphatic heterocycles. The maximum Gasteiger partial charge on any atom is 0.338 e. The molecule has 41 heteroatoms. The van der Waals surface area contributed by atoms with Crippen LogP contribution in [0.2, 0.25) is 5.02 Å². The van der Waals surface area contributed by atoms with Crippen molar-refractivity contribution in [1.29, 1.82) is 0 Å². The lowest BCUT2D eigenvalue weighted by atomic mass is 9.93. The number of alkyl halides is 5. The fourth-order valence-electron chi connectivity index (χ4n) is 13.4. The smallest absolute Gasteiger partial charge is 0.338 e. The summed E-state index contributed by atoms with van der Waals surface area (Å²) in [6, 6.07) is 9.27. The lowest BCUT2D eigenvalue weighted by Gasteiger charge is -2.39. The van der Waals surface area contributed by atoms with Gasteiger partial charge in [0.25, 0.3) is 11.8 Å². The Labute approximate surface area is 703 Å². The molecule has 4 unspecified atom stereocenters. The van der Waals surface area contributed by atoms with Gasteiger partial charge in [-0.2, -0.15) is 0 Å². The SMILES string of the molecule is CCOC(=O)C1=C(CN2CCC(COCC(=O)O)C(F)C2)NC(c2nccs2)=N[C@H]1c1ccc(F)cc1Br.CCOC(=O)C1=C(CN2CCC(CSCC(=O)O)C(F)(F)C2)NC(c2nccs2)=N[C@H]1c1ccc(F)cc1Br.CCOC(=O)C1=C(CN2CCC(CSCC(=O)O)C(F)(F)C2)NC(c2nccs2)=N[C@H]1c1ccc(F)cc1Cl. The number of aliphatic carboxylic acids is 3. The highest BCUT2D eigenvalue weighted by molar-refractivity contribution is 9.10. The Morgan fingerprint density at radius 1 is 0.552 bits per heavy atom. The Morgan fingerprint density at radius 2 is 0.922 bits per heavy atom. The summed E-state index contributed by atoms with van der Waals surface area (Å²) in [5, 5.41) is 42.9. The maximum absolute atomic E-state index is 15.1. The number of hydrogen-bond donors (Lipinski definition) is 6. The van der Waals surface area contributed by atoms with Crippen molar-refractivity contribution >= 4 is 154 Å². The molecule has 0 saturated carbocycles. The van der Waals surface area contributed by atoms with Gasteiger partial charge in [-0.1, -0.05) is 61.7 Å². The van der Waals surface area contributed by atoms with Gasteiger partial charge in [-0.05, 0) is 107 Å². The highest BCUT2D eigenvalue weighted by atomic mass is 79.9. The van der Waals surface area contributed by atoms with Crippen molar-refractivity contribution in [1.82, 2.24) is 45.6 Å². The van der Waals surface area contributed by atoms with E-state index in [0.717, 1.165) is 29.6 Å². The van der Waals surface area contributed by atoms with Gasteiger partial charge in [0, 0.05) is 127 Å². The first kappa shape index (κ1) is 90.6. The second-order valence-corrected chi connectivity index (χ2v) is 33.7. The van der Waals surface area contributed by atoms with Crippen LogP contribution in [0.25, 0.3) is 0 Å². The Morgan fingerprint density at radius 3 is 1.26 bits per heavy atom. The molecule has 0 amide bonds. The van der Waals surface area contributed by atoms with Crippen molar-refractivity contribution in [3.05, 3.63) is 186 Å². The number of rotatable bonds is 30. The number of aromatic nitrogens is 3. The summed E-state index contributed by atoms with van der Waals surface area (Å²) in [6.07, 6.45) is 4.38. The predicted octanol–water partition coefficient (Wildman–Crippen LogP) is 13.1. The van der Waals surface area contributed by atoms with Crippen molar-refractivity contribution in [2.45, 2.75) is 76.2 Å². The molecule has 624 valence electrons. The zero-order valence-corrected chi connectivity index (χ0v) is 70.2. The number of ether oxygens (including phenoxy) is 4. The number of carbonyl (C=O) groups is 6. The predicted molar refractivity (Wildman–Crippen MR) is 431 cm³/mol. The number of nitrogens with one attached hydrogen (secondary N) is 3. The topological polar surface area (TPSA) is 322 Å². The summed E-state index contributed by atoms with van der Waals surface area (Å²) in [5.41, 5.74) is 3.08. The molecule has 0 bridgehead atoms. The number of carboxylic acid groups (broad SMARTS) is 3. The van der Waals surface area contributed by atoms with Gasteiger partial charge in [0.15, 0.2) is 32.5 Å². The number of carbonyl (C=O) groups excluding carboxylic acids is 3. The molecule has 6 aromatic rings. The molecule has 12 rings (SSSR count). The molecule has 116 heavy (non-hydrogen) atoms. The molecule has 3 fully saturated rings. The Bertz CT molecular complexity index is 4500. The van der Waals surface area contributed by atoms with Gasteiger partial charge < -0.3 is 50.2 Å². The molecule has 6 aliphatic rings. The summed E-state index contributed by atoms with van der Waals surface area (Å²) in [6.45, 7) is 5.11. The molecule has 3 aromatic heterocycles. The van der Waals surface area contributed by atoms with E-state index in [9.17, 15) is 41.9 Å². The number of aliphatic imine (C=N–C) groups is 3. The van der Waals surface area contributed by atoms with Gasteiger partial charge in [0.05, 0.1) is 67.7 Å². The van der Waals surface area contributed by atoms with Crippen LogP contribution in [0.15, 0.2) is 147 Å². The Balaban J connectivity index is 0.000000184. The average Bonchev–Trinajstić information content (AvgIpc) is 1.05. The quantitative estimate of drug-likeness (QED) is 0.0139. The number of piperidine rings is 3. The zero-order chi connectivity index (χ0) is 83.5. The minimum Gasteiger partial charge on any atom is -0.481 e. The normalized spacial score (nSPS) is 21.6. The lowest BCUT2D eigenvalue weighted by molar-refractivity contribution is -0.143. The minimum atomic E-state index is -3.06. The molecule has 3 aromatic carbocycles. The highest BCUT2D eigenvalue weighted by Crippen LogP contribution is 2.44. The van der Waals surface area contributed by atoms with E-state index in [-0.39, 0.29) is 110 Å². The molecule has 3 saturated heterocycles. The minimum absolute atomic E-state index is 0.0154. The zero-order valence-electron chi connectivity index (χ0n) is 62.2. The second kappa shape index (κ2) is 42.3. The first-order valence-corrected chi connectivity index (χ1v) is 43.1. The number of halogens is 11. The van der Waals surface area contributed by atoms with E-state index >= 15 is 22.0 Å². The number of amidine groups is 3. The van der Waals surface area contributed by atoms with Crippen LogP contribution >= 0.6 is 101 Å². The monoisotopic (exact) mass is 1860 g/mol. The third-order valence-electron chi connectivity index (χ3n) is 18.7. The van der Waals surface area contributed by atoms with Crippen LogP contribution in [-0.4, -0.2) is 231 Å². The fourth-order valence-corrected chi connectivity index (χ4v) is 18.5. The van der Waals surface area contributed by atoms with Crippen LogP contribution < -0.4 is 16.0 Å². The summed E-state index contributed by atoms with van der Waals surface area (Å²) in [7, 11) is 0. The van der Waals surface area contributed by atoms with Crippen LogP contribution in [0.4, 0.5) is 35.1 Å². The van der Waals surface area contributed by atoms with Crippen molar-refractivity contribution in [3.63, 3.8) is 0 Å². The molecular weight excluding hydrogens is 1780 g/mol. The van der Waals surface area contributed by atoms with Crippen molar-refractivity contribution in [3.8, 4) is 0 Å². The first-order valence-electron chi connectivity index (χ1n) is 36.2. The standard InChI is InChI=1S/C25H26BrF3N4O4S2.C25H27BrF2N4O5S.C25H26ClF3N4O4S2/c1-2-37-24(36)20-18(10-33-7-5-14(25(28,29)13-33)11-38-12-19(34)35)31-22(23-30-6-8-39-23)32-21(20)16-4-3-15(27)9-17(16)26;1-2-37-25(35)21-19(11-32-7-5-14(18(28)10-32)12-36-13-20(33)34)30-23(24-29-6-8-38-24)31-22(21)16-4-3-15(27)9-17(16)26;1-2-37-24(36)20-18(10-33-7-5-14(25(28,29)13-33)11-38-12-19(34)35)31-22(23-30-6-8-39-23)32-21(20)16-4-3-15(27)9-17(16)26/h3-4,6,8-9,14,21H,2,5,7,10-13H2,1H3,(H,31,32)(H,34,35);3-4,6,8-9,14,18,22H,2,5,7,10-13H2,1H3,(H,30,31)(H,33,34);3-4,6,8-9,14,21H,2,5,7,10-13H2,1H3,(H,31,32)(H,34,35)/t14?,21-;14?,18?,22-;14?,21-/m000/s1. The number of hydrogen-bond acceptors (Lipinski definition) is 27. The summed E-state index contributed by atoms with van der Waals surface area (Å²) < 4.78 is 139. The number of thiazole rings is 3. The molecule has 0 spiro atoms. The van der Waals surface area contributed by atoms with Crippen LogP contribution in [0, 0.1) is 35.2 Å². The van der Waals surface area contributed by atoms with Crippen LogP contribution in [0.1, 0.15) is 89.9 Å². The van der Waals surface area contributed by atoms with Gasteiger partial charge in [-0.15, -0.1) is 57.5 Å². The Hall–Kier alpha value is -7.77. The molecule has 7 atom stereocenters. The molecule has 0 radical (unpaired) electrons. The Kier molecular flexibility index (Phi) is 33.0. The van der Waals surface area contributed by atoms with Crippen molar-refractivity contribution in [2.75, 3.05) is 115 Å². The third kappa shape index (κ3) is 24.3. The fraction of sp³-hybridized carbons (Fsp3) is 0.440. The van der Waals surface area contributed by atoms with E-state index in [2.05, 4.69) is 67.8 Å². The van der Waals surface area contributed by atoms with E-state index in [1.165, 1.54) is 81.4 Å². The van der Waals surface area contributed by atoms with E-state index in [1.54, 1.807) is 66.5 Å². The number of likely N-dealkylation sites (tertiary alicyclic amines) is 3. The van der Waals surface area contributed by atoms with E-state index in [1.807, 2.05) is 4.90 Å². The first-order chi connectivity index (χ1) is 55.4. The molecule has 25 nitrogen and oxygen atoms in total. The molecule has 6 N–H and O–H groups in total. The molecule has 0 aliphatic carbocycles. The largest absolute Gasteiger partial charge is 0.481 e. The number of esters is 3. The maximum atomic E-state index is 15.1. The van der Waals surface area contributed by atoms with Crippen molar-refractivity contribution < 1.29 is 98.2 Å². The van der Waals surface area contributed by atoms with Crippen LogP contribution in [-0.2, 0) is 47.7 Å². The van der Waals surface area contributed by atoms with Gasteiger partial charge in [-0.3, -0.25) is 39.3 Å². The highest BCUT2D eigenvalue weighted by Gasteiger charge is 2.48.